The summed E-state index contributed by atoms with van der Waals surface area (Å²) in [5.41, 5.74) is 14.6. The van der Waals surface area contributed by atoms with Gasteiger partial charge in [0.2, 0.25) is 0 Å². The van der Waals surface area contributed by atoms with E-state index < -0.39 is 0 Å². The topological polar surface area (TPSA) is 9.86 Å². The highest BCUT2D eigenvalue weighted by atomic mass is 15.0. The molecule has 0 bridgehead atoms. The summed E-state index contributed by atoms with van der Waals surface area (Å²) < 4.78 is 4.88. The molecule has 0 fully saturated rings. The Morgan fingerprint density at radius 3 is 1.42 bits per heavy atom. The molecule has 0 N–H and O–H groups in total. The Hall–Kier alpha value is -8.20. The molecule has 0 saturated heterocycles. The van der Waals surface area contributed by atoms with Crippen LogP contribution in [0.15, 0.2) is 231 Å². The molecule has 2 heterocycles. The molecular weight excluding hydrogens is 749 g/mol. The van der Waals surface area contributed by atoms with Crippen molar-refractivity contribution in [3.05, 3.63) is 231 Å². The molecule has 288 valence electrons. The Morgan fingerprint density at radius 1 is 0.226 bits per heavy atom. The summed E-state index contributed by atoms with van der Waals surface area (Å²) in [6.45, 7) is 0. The Morgan fingerprint density at radius 2 is 0.710 bits per heavy atom. The Bertz CT molecular complexity index is 3850. The van der Waals surface area contributed by atoms with Gasteiger partial charge in [0.15, 0.2) is 0 Å². The molecule has 0 aliphatic carbocycles. The van der Waals surface area contributed by atoms with Crippen LogP contribution < -0.4 is 0 Å². The number of benzene rings is 11. The molecule has 2 heteroatoms. The zero-order valence-electron chi connectivity index (χ0n) is 33.8. The third kappa shape index (κ3) is 5.11. The van der Waals surface area contributed by atoms with Crippen LogP contribution in [0, 0.1) is 0 Å². The quantitative estimate of drug-likeness (QED) is 0.154. The van der Waals surface area contributed by atoms with Gasteiger partial charge in [-0.3, -0.25) is 0 Å². The minimum Gasteiger partial charge on any atom is -0.309 e. The van der Waals surface area contributed by atoms with Crippen molar-refractivity contribution in [3.63, 3.8) is 0 Å². The number of fused-ring (bicyclic) bond motifs is 9. The Balaban J connectivity index is 1.04. The van der Waals surface area contributed by atoms with E-state index in [-0.39, 0.29) is 0 Å². The standard InChI is InChI=1S/C60H38N2/c1-3-17-39(18-4-1)59-49-23-7-9-25-51(49)60(52-26-10-8-24-50(52)59)48-29-15-28-44-43(48)27-16-32-56(44)62-55-31-14-11-21-45(55)47-35-33-41(38-58(47)62)40-34-36-57-53(37-40)46-22-12-13-30-54(46)61(57)42-19-5-2-6-20-42/h1-38H. The van der Waals surface area contributed by atoms with Crippen molar-refractivity contribution in [3.8, 4) is 44.8 Å². The van der Waals surface area contributed by atoms with Crippen LogP contribution in [0.2, 0.25) is 0 Å². The van der Waals surface area contributed by atoms with Crippen molar-refractivity contribution in [1.82, 2.24) is 9.13 Å². The first-order valence-electron chi connectivity index (χ1n) is 21.4. The highest BCUT2D eigenvalue weighted by molar-refractivity contribution is 6.24. The predicted molar refractivity (Wildman–Crippen MR) is 264 cm³/mol. The molecule has 2 aromatic heterocycles. The molecule has 2 nitrogen and oxygen atoms in total. The molecule has 62 heavy (non-hydrogen) atoms. The fraction of sp³-hybridized carbons (Fsp3) is 0. The molecule has 0 saturated carbocycles. The Labute approximate surface area is 358 Å². The first-order valence-corrected chi connectivity index (χ1v) is 21.4. The van der Waals surface area contributed by atoms with E-state index in [1.165, 1.54) is 121 Å². The number of para-hydroxylation sites is 3. The maximum atomic E-state index is 2.49. The van der Waals surface area contributed by atoms with E-state index in [1.807, 2.05) is 0 Å². The van der Waals surface area contributed by atoms with Gasteiger partial charge in [-0.05, 0) is 109 Å². The van der Waals surface area contributed by atoms with E-state index in [0.717, 1.165) is 0 Å². The summed E-state index contributed by atoms with van der Waals surface area (Å²) in [5, 5.41) is 12.5. The van der Waals surface area contributed by atoms with Crippen LogP contribution in [0.1, 0.15) is 0 Å². The number of rotatable bonds is 5. The van der Waals surface area contributed by atoms with Crippen molar-refractivity contribution in [1.29, 1.82) is 0 Å². The van der Waals surface area contributed by atoms with Crippen LogP contribution in [0.5, 0.6) is 0 Å². The smallest absolute Gasteiger partial charge is 0.0547 e. The van der Waals surface area contributed by atoms with Crippen molar-refractivity contribution in [2.24, 2.45) is 0 Å². The molecule has 0 unspecified atom stereocenters. The summed E-state index contributed by atoms with van der Waals surface area (Å²) in [6.07, 6.45) is 0. The van der Waals surface area contributed by atoms with Gasteiger partial charge < -0.3 is 9.13 Å². The van der Waals surface area contributed by atoms with Crippen LogP contribution in [0.25, 0.3) is 121 Å². The second kappa shape index (κ2) is 13.7. The molecular formula is C60H38N2. The van der Waals surface area contributed by atoms with E-state index in [1.54, 1.807) is 0 Å². The van der Waals surface area contributed by atoms with Gasteiger partial charge in [-0.1, -0.05) is 182 Å². The van der Waals surface area contributed by atoms with Gasteiger partial charge in [-0.25, -0.2) is 0 Å². The van der Waals surface area contributed by atoms with Gasteiger partial charge in [0.05, 0.1) is 27.8 Å². The predicted octanol–water partition coefficient (Wildman–Crippen LogP) is 16.3. The minimum absolute atomic E-state index is 1.17. The Kier molecular flexibility index (Phi) is 7.64. The lowest BCUT2D eigenvalue weighted by Crippen LogP contribution is -1.97. The van der Waals surface area contributed by atoms with Crippen LogP contribution in [-0.2, 0) is 0 Å². The highest BCUT2D eigenvalue weighted by Crippen LogP contribution is 2.46. The van der Waals surface area contributed by atoms with Crippen molar-refractivity contribution >= 4 is 75.9 Å². The summed E-state index contributed by atoms with van der Waals surface area (Å²) in [6, 6.07) is 84.7. The van der Waals surface area contributed by atoms with E-state index in [4.69, 9.17) is 0 Å². The van der Waals surface area contributed by atoms with E-state index in [0.29, 0.717) is 0 Å². The third-order valence-electron chi connectivity index (χ3n) is 13.1. The molecule has 11 aromatic carbocycles. The first kappa shape index (κ1) is 34.6. The van der Waals surface area contributed by atoms with Crippen LogP contribution in [0.4, 0.5) is 0 Å². The number of hydrogen-bond donors (Lipinski definition) is 0. The average Bonchev–Trinajstić information content (AvgIpc) is 3.85. The van der Waals surface area contributed by atoms with Crippen LogP contribution in [-0.4, -0.2) is 9.13 Å². The van der Waals surface area contributed by atoms with E-state index in [9.17, 15) is 0 Å². The van der Waals surface area contributed by atoms with Crippen LogP contribution >= 0.6 is 0 Å². The summed E-state index contributed by atoms with van der Waals surface area (Å²) in [5.74, 6) is 0. The molecule has 0 amide bonds. The monoisotopic (exact) mass is 786 g/mol. The maximum Gasteiger partial charge on any atom is 0.0547 e. The largest absolute Gasteiger partial charge is 0.309 e. The SMILES string of the molecule is c1ccc(-c2c3ccccc3c(-c3cccc4c(-n5c6ccccc6c6ccc(-c7ccc8c(c7)c7ccccc7n8-c7ccccc7)cc65)cccc34)c3ccccc23)cc1. The molecule has 13 aromatic rings. The van der Waals surface area contributed by atoms with Crippen LogP contribution in [0.3, 0.4) is 0 Å². The fourth-order valence-corrected chi connectivity index (χ4v) is 10.5. The summed E-state index contributed by atoms with van der Waals surface area (Å²) in [7, 11) is 0. The van der Waals surface area contributed by atoms with Gasteiger partial charge in [0, 0.05) is 32.6 Å². The molecule has 0 aliphatic rings. The van der Waals surface area contributed by atoms with Gasteiger partial charge >= 0.3 is 0 Å². The van der Waals surface area contributed by atoms with Gasteiger partial charge in [-0.15, -0.1) is 0 Å². The van der Waals surface area contributed by atoms with Gasteiger partial charge in [0.25, 0.3) is 0 Å². The zero-order valence-corrected chi connectivity index (χ0v) is 33.8. The maximum absolute atomic E-state index is 2.49. The van der Waals surface area contributed by atoms with Gasteiger partial charge in [0.1, 0.15) is 0 Å². The second-order valence-electron chi connectivity index (χ2n) is 16.4. The molecule has 0 aliphatic heterocycles. The van der Waals surface area contributed by atoms with Crippen molar-refractivity contribution in [2.75, 3.05) is 0 Å². The lowest BCUT2D eigenvalue weighted by atomic mass is 9.84. The molecule has 0 atom stereocenters. The van der Waals surface area contributed by atoms with Gasteiger partial charge in [-0.2, -0.15) is 0 Å². The first-order chi connectivity index (χ1) is 30.8. The molecule has 0 radical (unpaired) electrons. The second-order valence-corrected chi connectivity index (χ2v) is 16.4. The van der Waals surface area contributed by atoms with E-state index >= 15 is 0 Å². The fourth-order valence-electron chi connectivity index (χ4n) is 10.5. The normalized spacial score (nSPS) is 11.9. The third-order valence-corrected chi connectivity index (χ3v) is 13.1. The number of hydrogen-bond acceptors (Lipinski definition) is 0. The number of aromatic nitrogens is 2. The van der Waals surface area contributed by atoms with E-state index in [2.05, 4.69) is 240 Å². The summed E-state index contributed by atoms with van der Waals surface area (Å²) in [4.78, 5) is 0. The van der Waals surface area contributed by atoms with Crippen molar-refractivity contribution in [2.45, 2.75) is 0 Å². The summed E-state index contributed by atoms with van der Waals surface area (Å²) >= 11 is 0. The van der Waals surface area contributed by atoms with Crippen molar-refractivity contribution < 1.29 is 0 Å². The highest BCUT2D eigenvalue weighted by Gasteiger charge is 2.21. The lowest BCUT2D eigenvalue weighted by Gasteiger charge is -2.19. The molecule has 13 rings (SSSR count). The number of nitrogens with zero attached hydrogens (tertiary/aromatic N) is 2. The molecule has 0 spiro atoms. The minimum atomic E-state index is 1.17. The zero-order chi connectivity index (χ0) is 40.7. The average molecular weight is 787 g/mol. The lowest BCUT2D eigenvalue weighted by molar-refractivity contribution is 1.18.